The number of hydrogen-bond acceptors (Lipinski definition) is 2. The highest BCUT2D eigenvalue weighted by Gasteiger charge is 2.09. The van der Waals surface area contributed by atoms with Gasteiger partial charge in [0.2, 0.25) is 0 Å². The van der Waals surface area contributed by atoms with Gasteiger partial charge in [0, 0.05) is 18.7 Å². The highest BCUT2D eigenvalue weighted by atomic mass is 19.1. The lowest BCUT2D eigenvalue weighted by molar-refractivity contribution is 0.0954. The molecule has 3 nitrogen and oxygen atoms in total. The fraction of sp³-hybridized carbons (Fsp3) is 0.308. The minimum Gasteiger partial charge on any atom is -0.398 e. The lowest BCUT2D eigenvalue weighted by Crippen LogP contribution is -2.25. The Labute approximate surface area is 100 Å². The summed E-state index contributed by atoms with van der Waals surface area (Å²) >= 11 is 0. The van der Waals surface area contributed by atoms with Crippen LogP contribution in [0.2, 0.25) is 0 Å². The predicted molar refractivity (Wildman–Crippen MR) is 65.8 cm³/mol. The Bertz CT molecular complexity index is 438. The molecule has 0 saturated heterocycles. The largest absolute Gasteiger partial charge is 0.398 e. The molecule has 0 atom stereocenters. The van der Waals surface area contributed by atoms with Gasteiger partial charge in [-0.25, -0.2) is 4.39 Å². The van der Waals surface area contributed by atoms with Gasteiger partial charge >= 0.3 is 0 Å². The quantitative estimate of drug-likeness (QED) is 0.464. The number of hydrogen-bond donors (Lipinski definition) is 2. The zero-order valence-corrected chi connectivity index (χ0v) is 9.50. The molecule has 0 bridgehead atoms. The Morgan fingerprint density at radius 2 is 2.24 bits per heavy atom. The molecular formula is C13H15FN2O. The molecule has 1 aromatic carbocycles. The minimum absolute atomic E-state index is 0.145. The molecule has 0 aliphatic carbocycles. The average Bonchev–Trinajstić information content (AvgIpc) is 2.28. The summed E-state index contributed by atoms with van der Waals surface area (Å²) in [5, 5.41) is 2.71. The summed E-state index contributed by atoms with van der Waals surface area (Å²) < 4.78 is 12.8. The lowest BCUT2D eigenvalue weighted by Gasteiger charge is -2.07. The summed E-state index contributed by atoms with van der Waals surface area (Å²) in [6.45, 7) is 0.539. The number of halogens is 1. The summed E-state index contributed by atoms with van der Waals surface area (Å²) in [4.78, 5) is 11.7. The van der Waals surface area contributed by atoms with Gasteiger partial charge in [0.1, 0.15) is 5.82 Å². The molecule has 0 fully saturated rings. The third kappa shape index (κ3) is 4.15. The molecule has 0 aliphatic heterocycles. The van der Waals surface area contributed by atoms with E-state index in [4.69, 9.17) is 12.2 Å². The van der Waals surface area contributed by atoms with Crippen molar-refractivity contribution in [3.8, 4) is 12.3 Å². The highest BCUT2D eigenvalue weighted by Crippen LogP contribution is 2.13. The molecule has 0 radical (unpaired) electrons. The molecule has 0 saturated carbocycles. The van der Waals surface area contributed by atoms with Crippen LogP contribution in [0.5, 0.6) is 0 Å². The topological polar surface area (TPSA) is 55.1 Å². The van der Waals surface area contributed by atoms with Crippen molar-refractivity contribution in [1.29, 1.82) is 0 Å². The maximum Gasteiger partial charge on any atom is 0.253 e. The lowest BCUT2D eigenvalue weighted by atomic mass is 10.1. The first kappa shape index (κ1) is 13.0. The maximum atomic E-state index is 12.8. The molecule has 1 aromatic rings. The predicted octanol–water partition coefficient (Wildman–Crippen LogP) is 1.94. The SMILES string of the molecule is C#CCCCCNC(=O)c1ccc(F)cc1N. The van der Waals surface area contributed by atoms with Crippen LogP contribution in [0.25, 0.3) is 0 Å². The first-order chi connectivity index (χ1) is 8.15. The van der Waals surface area contributed by atoms with Crippen molar-refractivity contribution >= 4 is 11.6 Å². The smallest absolute Gasteiger partial charge is 0.253 e. The molecule has 0 heterocycles. The Balaban J connectivity index is 2.45. The summed E-state index contributed by atoms with van der Waals surface area (Å²) in [7, 11) is 0. The first-order valence-electron chi connectivity index (χ1n) is 5.42. The number of nitrogens with two attached hydrogens (primary N) is 1. The van der Waals surface area contributed by atoms with Gasteiger partial charge in [0.15, 0.2) is 0 Å². The van der Waals surface area contributed by atoms with E-state index in [1.165, 1.54) is 12.1 Å². The van der Waals surface area contributed by atoms with Crippen LogP contribution < -0.4 is 11.1 Å². The number of nitrogens with one attached hydrogen (secondary N) is 1. The van der Waals surface area contributed by atoms with Gasteiger partial charge in [0.25, 0.3) is 5.91 Å². The van der Waals surface area contributed by atoms with E-state index in [0.717, 1.165) is 18.9 Å². The van der Waals surface area contributed by atoms with E-state index in [9.17, 15) is 9.18 Å². The minimum atomic E-state index is -0.451. The van der Waals surface area contributed by atoms with Gasteiger partial charge in [-0.05, 0) is 31.0 Å². The van der Waals surface area contributed by atoms with Gasteiger partial charge < -0.3 is 11.1 Å². The first-order valence-corrected chi connectivity index (χ1v) is 5.42. The van der Waals surface area contributed by atoms with E-state index in [1.54, 1.807) is 0 Å². The molecule has 0 aromatic heterocycles. The summed E-state index contributed by atoms with van der Waals surface area (Å²) in [5.74, 6) is 1.79. The summed E-state index contributed by atoms with van der Waals surface area (Å²) in [5.41, 5.74) is 5.99. The van der Waals surface area contributed by atoms with Crippen molar-refractivity contribution in [1.82, 2.24) is 5.32 Å². The number of nitrogen functional groups attached to an aromatic ring is 1. The maximum absolute atomic E-state index is 12.8. The Hall–Kier alpha value is -2.02. The van der Waals surface area contributed by atoms with E-state index in [1.807, 2.05) is 0 Å². The number of terminal acetylenes is 1. The molecule has 0 aliphatic rings. The van der Waals surface area contributed by atoms with E-state index < -0.39 is 5.82 Å². The number of carbonyl (C=O) groups is 1. The number of amides is 1. The van der Waals surface area contributed by atoms with Gasteiger partial charge in [-0.2, -0.15) is 0 Å². The summed E-state index contributed by atoms with van der Waals surface area (Å²) in [6.07, 6.45) is 7.50. The van der Waals surface area contributed by atoms with E-state index >= 15 is 0 Å². The molecule has 4 heteroatoms. The second-order valence-corrected chi connectivity index (χ2v) is 3.65. The van der Waals surface area contributed by atoms with Crippen LogP contribution in [0.15, 0.2) is 18.2 Å². The van der Waals surface area contributed by atoms with Crippen molar-refractivity contribution in [3.05, 3.63) is 29.6 Å². The van der Waals surface area contributed by atoms with Crippen molar-refractivity contribution in [3.63, 3.8) is 0 Å². The second kappa shape index (κ2) is 6.54. The molecule has 0 spiro atoms. The Morgan fingerprint density at radius 3 is 2.88 bits per heavy atom. The van der Waals surface area contributed by atoms with Crippen LogP contribution in [-0.2, 0) is 0 Å². The number of benzene rings is 1. The van der Waals surface area contributed by atoms with Crippen LogP contribution in [-0.4, -0.2) is 12.5 Å². The Kier molecular flexibility index (Phi) is 5.02. The van der Waals surface area contributed by atoms with Crippen LogP contribution in [0.4, 0.5) is 10.1 Å². The molecule has 3 N–H and O–H groups in total. The van der Waals surface area contributed by atoms with Crippen molar-refractivity contribution in [2.75, 3.05) is 12.3 Å². The van der Waals surface area contributed by atoms with Crippen LogP contribution in [0.3, 0.4) is 0 Å². The van der Waals surface area contributed by atoms with E-state index in [-0.39, 0.29) is 11.6 Å². The Morgan fingerprint density at radius 1 is 1.47 bits per heavy atom. The molecular weight excluding hydrogens is 219 g/mol. The monoisotopic (exact) mass is 234 g/mol. The fourth-order valence-corrected chi connectivity index (χ4v) is 1.39. The van der Waals surface area contributed by atoms with Crippen molar-refractivity contribution < 1.29 is 9.18 Å². The highest BCUT2D eigenvalue weighted by molar-refractivity contribution is 5.99. The van der Waals surface area contributed by atoms with Crippen molar-refractivity contribution in [2.24, 2.45) is 0 Å². The average molecular weight is 234 g/mol. The third-order valence-corrected chi connectivity index (χ3v) is 2.29. The summed E-state index contributed by atoms with van der Waals surface area (Å²) in [6, 6.07) is 3.72. The zero-order chi connectivity index (χ0) is 12.7. The zero-order valence-electron chi connectivity index (χ0n) is 9.50. The number of rotatable bonds is 5. The van der Waals surface area contributed by atoms with Gasteiger partial charge in [-0.15, -0.1) is 12.3 Å². The van der Waals surface area contributed by atoms with Crippen LogP contribution in [0.1, 0.15) is 29.6 Å². The molecule has 1 rings (SSSR count). The van der Waals surface area contributed by atoms with Gasteiger partial charge in [-0.3, -0.25) is 4.79 Å². The number of unbranched alkanes of at least 4 members (excludes halogenated alkanes) is 2. The number of carbonyl (C=O) groups excluding carboxylic acids is 1. The molecule has 90 valence electrons. The fourth-order valence-electron chi connectivity index (χ4n) is 1.39. The van der Waals surface area contributed by atoms with E-state index in [0.29, 0.717) is 18.5 Å². The standard InChI is InChI=1S/C13H15FN2O/c1-2-3-4-5-8-16-13(17)11-7-6-10(14)9-12(11)15/h1,6-7,9H,3-5,8,15H2,(H,16,17). The number of anilines is 1. The molecule has 0 unspecified atom stereocenters. The van der Waals surface area contributed by atoms with Gasteiger partial charge in [-0.1, -0.05) is 0 Å². The normalized spacial score (nSPS) is 9.65. The third-order valence-electron chi connectivity index (χ3n) is 2.29. The molecule has 1 amide bonds. The van der Waals surface area contributed by atoms with Crippen molar-refractivity contribution in [2.45, 2.75) is 19.3 Å². The van der Waals surface area contributed by atoms with Gasteiger partial charge in [0.05, 0.1) is 5.56 Å². The van der Waals surface area contributed by atoms with E-state index in [2.05, 4.69) is 11.2 Å². The van der Waals surface area contributed by atoms with Crippen LogP contribution in [0, 0.1) is 18.2 Å². The second-order valence-electron chi connectivity index (χ2n) is 3.65. The van der Waals surface area contributed by atoms with Crippen LogP contribution >= 0.6 is 0 Å². The molecule has 17 heavy (non-hydrogen) atoms.